The SMILES string of the molecule is O=C(CCc1nc2ccccc2[nH]1)N1CC[C@@H](Cc2cccc(CO)c2)C1. The number of aromatic amines is 1. The molecule has 5 nitrogen and oxygen atoms in total. The number of nitrogens with one attached hydrogen (secondary N) is 1. The van der Waals surface area contributed by atoms with E-state index in [0.717, 1.165) is 48.4 Å². The highest BCUT2D eigenvalue weighted by Crippen LogP contribution is 2.22. The van der Waals surface area contributed by atoms with Crippen LogP contribution < -0.4 is 0 Å². The molecule has 1 aliphatic rings. The highest BCUT2D eigenvalue weighted by Gasteiger charge is 2.26. The van der Waals surface area contributed by atoms with Crippen molar-refractivity contribution in [1.29, 1.82) is 0 Å². The van der Waals surface area contributed by atoms with Crippen molar-refractivity contribution >= 4 is 16.9 Å². The van der Waals surface area contributed by atoms with E-state index in [1.807, 2.05) is 41.3 Å². The van der Waals surface area contributed by atoms with E-state index in [4.69, 9.17) is 0 Å². The maximum atomic E-state index is 12.6. The number of carbonyl (C=O) groups is 1. The number of hydrogen-bond acceptors (Lipinski definition) is 3. The fourth-order valence-corrected chi connectivity index (χ4v) is 3.92. The quantitative estimate of drug-likeness (QED) is 0.707. The molecule has 1 fully saturated rings. The lowest BCUT2D eigenvalue weighted by atomic mass is 9.97. The number of hydrogen-bond donors (Lipinski definition) is 2. The van der Waals surface area contributed by atoms with Crippen molar-refractivity contribution in [2.45, 2.75) is 32.3 Å². The van der Waals surface area contributed by atoms with E-state index >= 15 is 0 Å². The van der Waals surface area contributed by atoms with Crippen LogP contribution in [0.25, 0.3) is 11.0 Å². The summed E-state index contributed by atoms with van der Waals surface area (Å²) in [4.78, 5) is 22.4. The Kier molecular flexibility index (Phi) is 5.21. The van der Waals surface area contributed by atoms with Crippen LogP contribution in [0.4, 0.5) is 0 Å². The van der Waals surface area contributed by atoms with Gasteiger partial charge in [-0.05, 0) is 42.0 Å². The zero-order valence-electron chi connectivity index (χ0n) is 15.4. The maximum Gasteiger partial charge on any atom is 0.223 e. The maximum absolute atomic E-state index is 12.6. The van der Waals surface area contributed by atoms with E-state index < -0.39 is 0 Å². The molecule has 1 amide bonds. The van der Waals surface area contributed by atoms with Crippen LogP contribution in [0, 0.1) is 5.92 Å². The van der Waals surface area contributed by atoms with Crippen molar-refractivity contribution in [1.82, 2.24) is 14.9 Å². The summed E-state index contributed by atoms with van der Waals surface area (Å²) in [5.41, 5.74) is 4.16. The van der Waals surface area contributed by atoms with Gasteiger partial charge in [0, 0.05) is 25.9 Å². The van der Waals surface area contributed by atoms with Gasteiger partial charge in [-0.3, -0.25) is 4.79 Å². The van der Waals surface area contributed by atoms with Crippen LogP contribution in [0.5, 0.6) is 0 Å². The van der Waals surface area contributed by atoms with E-state index in [2.05, 4.69) is 22.1 Å². The number of aryl methyl sites for hydroxylation is 1. The second-order valence-corrected chi connectivity index (χ2v) is 7.38. The Morgan fingerprint density at radius 2 is 2.04 bits per heavy atom. The molecule has 0 radical (unpaired) electrons. The predicted molar refractivity (Wildman–Crippen MR) is 105 cm³/mol. The van der Waals surface area contributed by atoms with Gasteiger partial charge >= 0.3 is 0 Å². The summed E-state index contributed by atoms with van der Waals surface area (Å²) in [6.45, 7) is 1.73. The standard InChI is InChI=1S/C22H25N3O2/c26-15-18-5-3-4-16(13-18)12-17-10-11-25(14-17)22(27)9-8-21-23-19-6-1-2-7-20(19)24-21/h1-7,13,17,26H,8-12,14-15H2,(H,23,24)/t17-/m0/s1. The molecule has 2 aromatic carbocycles. The summed E-state index contributed by atoms with van der Waals surface area (Å²) in [7, 11) is 0. The van der Waals surface area contributed by atoms with Crippen LogP contribution in [-0.4, -0.2) is 39.0 Å². The average molecular weight is 363 g/mol. The summed E-state index contributed by atoms with van der Waals surface area (Å²) < 4.78 is 0. The predicted octanol–water partition coefficient (Wildman–Crippen LogP) is 3.08. The van der Waals surface area contributed by atoms with E-state index in [9.17, 15) is 9.90 Å². The number of para-hydroxylation sites is 2. The number of aromatic nitrogens is 2. The number of aliphatic hydroxyl groups is 1. The fourth-order valence-electron chi connectivity index (χ4n) is 3.92. The monoisotopic (exact) mass is 363 g/mol. The summed E-state index contributed by atoms with van der Waals surface area (Å²) in [6, 6.07) is 16.0. The van der Waals surface area contributed by atoms with Crippen LogP contribution in [0.1, 0.15) is 29.8 Å². The highest BCUT2D eigenvalue weighted by atomic mass is 16.3. The number of H-pyrrole nitrogens is 1. The third kappa shape index (κ3) is 4.19. The molecule has 27 heavy (non-hydrogen) atoms. The van der Waals surface area contributed by atoms with E-state index in [-0.39, 0.29) is 12.5 Å². The van der Waals surface area contributed by atoms with Crippen molar-refractivity contribution in [2.75, 3.05) is 13.1 Å². The van der Waals surface area contributed by atoms with Gasteiger partial charge in [-0.15, -0.1) is 0 Å². The van der Waals surface area contributed by atoms with E-state index in [1.54, 1.807) is 0 Å². The molecular weight excluding hydrogens is 338 g/mol. The number of amides is 1. The number of aliphatic hydroxyl groups excluding tert-OH is 1. The fraction of sp³-hybridized carbons (Fsp3) is 0.364. The van der Waals surface area contributed by atoms with E-state index in [1.165, 1.54) is 5.56 Å². The molecule has 2 N–H and O–H groups in total. The lowest BCUT2D eigenvalue weighted by Gasteiger charge is -2.16. The zero-order valence-corrected chi connectivity index (χ0v) is 15.4. The van der Waals surface area contributed by atoms with Gasteiger partial charge in [-0.25, -0.2) is 4.98 Å². The Morgan fingerprint density at radius 3 is 2.89 bits per heavy atom. The number of rotatable bonds is 6. The Balaban J connectivity index is 1.29. The number of imidazole rings is 1. The van der Waals surface area contributed by atoms with Crippen LogP contribution in [-0.2, 0) is 24.2 Å². The largest absolute Gasteiger partial charge is 0.392 e. The minimum atomic E-state index is 0.0743. The Hall–Kier alpha value is -2.66. The number of likely N-dealkylation sites (tertiary alicyclic amines) is 1. The lowest BCUT2D eigenvalue weighted by molar-refractivity contribution is -0.130. The second kappa shape index (κ2) is 7.92. The molecule has 0 saturated carbocycles. The summed E-state index contributed by atoms with van der Waals surface area (Å²) in [5.74, 6) is 1.58. The van der Waals surface area contributed by atoms with Gasteiger partial charge in [-0.1, -0.05) is 36.4 Å². The first-order valence-electron chi connectivity index (χ1n) is 9.61. The molecule has 1 saturated heterocycles. The van der Waals surface area contributed by atoms with Crippen LogP contribution >= 0.6 is 0 Å². The molecule has 1 aromatic heterocycles. The van der Waals surface area contributed by atoms with Crippen LogP contribution in [0.2, 0.25) is 0 Å². The first-order chi connectivity index (χ1) is 13.2. The first kappa shape index (κ1) is 17.7. The molecule has 4 rings (SSSR count). The first-order valence-corrected chi connectivity index (χ1v) is 9.61. The second-order valence-electron chi connectivity index (χ2n) is 7.38. The average Bonchev–Trinajstić information content (AvgIpc) is 3.33. The third-order valence-electron chi connectivity index (χ3n) is 5.35. The van der Waals surface area contributed by atoms with Gasteiger partial charge in [-0.2, -0.15) is 0 Å². The zero-order chi connectivity index (χ0) is 18.6. The number of fused-ring (bicyclic) bond motifs is 1. The molecule has 1 aliphatic heterocycles. The number of carbonyl (C=O) groups excluding carboxylic acids is 1. The summed E-state index contributed by atoms with van der Waals surface area (Å²) in [6.07, 6.45) is 3.14. The molecule has 140 valence electrons. The third-order valence-corrected chi connectivity index (χ3v) is 5.35. The van der Waals surface area contributed by atoms with Crippen molar-refractivity contribution in [2.24, 2.45) is 5.92 Å². The van der Waals surface area contributed by atoms with E-state index in [0.29, 0.717) is 18.8 Å². The minimum Gasteiger partial charge on any atom is -0.392 e. The van der Waals surface area contributed by atoms with Crippen molar-refractivity contribution in [3.63, 3.8) is 0 Å². The highest BCUT2D eigenvalue weighted by molar-refractivity contribution is 5.77. The summed E-state index contributed by atoms with van der Waals surface area (Å²) in [5, 5.41) is 9.28. The van der Waals surface area contributed by atoms with Gasteiger partial charge < -0.3 is 15.0 Å². The Bertz CT molecular complexity index is 901. The molecule has 0 spiro atoms. The van der Waals surface area contributed by atoms with Crippen molar-refractivity contribution in [3.8, 4) is 0 Å². The van der Waals surface area contributed by atoms with Crippen LogP contribution in [0.15, 0.2) is 48.5 Å². The number of nitrogens with zero attached hydrogens (tertiary/aromatic N) is 2. The molecule has 0 unspecified atom stereocenters. The molecule has 2 heterocycles. The Morgan fingerprint density at radius 1 is 1.19 bits per heavy atom. The smallest absolute Gasteiger partial charge is 0.223 e. The minimum absolute atomic E-state index is 0.0743. The number of benzene rings is 2. The molecular formula is C22H25N3O2. The molecule has 5 heteroatoms. The summed E-state index contributed by atoms with van der Waals surface area (Å²) >= 11 is 0. The van der Waals surface area contributed by atoms with Gasteiger partial charge in [0.1, 0.15) is 5.82 Å². The Labute approximate surface area is 159 Å². The normalized spacial score (nSPS) is 16.9. The molecule has 3 aromatic rings. The van der Waals surface area contributed by atoms with Crippen molar-refractivity contribution in [3.05, 3.63) is 65.5 Å². The van der Waals surface area contributed by atoms with Crippen LogP contribution in [0.3, 0.4) is 0 Å². The molecule has 0 aliphatic carbocycles. The lowest BCUT2D eigenvalue weighted by Crippen LogP contribution is -2.29. The topological polar surface area (TPSA) is 69.2 Å². The molecule has 1 atom stereocenters. The van der Waals surface area contributed by atoms with Gasteiger partial charge in [0.05, 0.1) is 17.6 Å². The van der Waals surface area contributed by atoms with Crippen molar-refractivity contribution < 1.29 is 9.90 Å². The van der Waals surface area contributed by atoms with Gasteiger partial charge in [0.2, 0.25) is 5.91 Å². The van der Waals surface area contributed by atoms with Gasteiger partial charge in [0.25, 0.3) is 0 Å². The molecule has 0 bridgehead atoms. The van der Waals surface area contributed by atoms with Gasteiger partial charge in [0.15, 0.2) is 0 Å².